The Bertz CT molecular complexity index is 1760. The number of carboxylic acid groups (broad SMARTS) is 1. The summed E-state index contributed by atoms with van der Waals surface area (Å²) >= 11 is 1.07. The highest BCUT2D eigenvalue weighted by Crippen LogP contribution is 2.50. The Labute approximate surface area is 436 Å². The molecule has 0 radical (unpaired) electrons. The summed E-state index contributed by atoms with van der Waals surface area (Å²) in [6, 6.07) is -1.40. The Morgan fingerprint density at radius 3 is 1.78 bits per heavy atom. The Morgan fingerprint density at radius 2 is 1.18 bits per heavy atom. The van der Waals surface area contributed by atoms with Crippen LogP contribution in [0.5, 0.6) is 0 Å². The normalized spacial score (nSPS) is 22.3. The molecule has 1 saturated carbocycles. The van der Waals surface area contributed by atoms with Gasteiger partial charge in [0.15, 0.2) is 6.10 Å². The van der Waals surface area contributed by atoms with Gasteiger partial charge < -0.3 is 60.5 Å². The fourth-order valence-corrected chi connectivity index (χ4v) is 10.0. The van der Waals surface area contributed by atoms with Crippen molar-refractivity contribution in [3.05, 3.63) is 60.8 Å². The molecule has 0 saturated heterocycles. The molecule has 1 unspecified atom stereocenters. The first-order valence-electron chi connectivity index (χ1n) is 25.8. The summed E-state index contributed by atoms with van der Waals surface area (Å²) in [6.07, 6.45) is 22.0. The van der Waals surface area contributed by atoms with Gasteiger partial charge in [-0.3, -0.25) is 28.0 Å². The van der Waals surface area contributed by atoms with E-state index in [-0.39, 0.29) is 31.4 Å². The predicted octanol–water partition coefficient (Wildman–Crippen LogP) is 7.16. The van der Waals surface area contributed by atoms with Crippen LogP contribution in [0.15, 0.2) is 60.8 Å². The Hall–Kier alpha value is -2.56. The second-order valence-corrected chi connectivity index (χ2v) is 21.9. The molecule has 1 fully saturated rings. The number of unbranched alkanes of at least 4 members (excludes halogenated alkanes) is 14. The monoisotopic (exact) mass is 1100 g/mol. The Kier molecular flexibility index (Phi) is 38.1. The van der Waals surface area contributed by atoms with Crippen molar-refractivity contribution in [3.8, 4) is 0 Å². The highest BCUT2D eigenvalue weighted by atomic mass is 32.2. The van der Waals surface area contributed by atoms with Gasteiger partial charge in [-0.1, -0.05) is 139 Å². The fourth-order valence-electron chi connectivity index (χ4n) is 7.38. The number of ether oxygens (including phenoxy) is 2. The van der Waals surface area contributed by atoms with Crippen molar-refractivity contribution in [2.24, 2.45) is 5.73 Å². The number of hydrogen-bond donors (Lipinski definition) is 10. The molecule has 73 heavy (non-hydrogen) atoms. The predicted molar refractivity (Wildman–Crippen MR) is 279 cm³/mol. The summed E-state index contributed by atoms with van der Waals surface area (Å²) in [5.41, 5.74) is 6.21. The number of esters is 2. The zero-order valence-corrected chi connectivity index (χ0v) is 45.3. The smallest absolute Gasteiger partial charge is 0.472 e. The molecule has 0 bridgehead atoms. The number of nitrogens with two attached hydrogens (primary N) is 1. The summed E-state index contributed by atoms with van der Waals surface area (Å²) < 4.78 is 50.0. The number of thioether (sulfide) groups is 1. The van der Waals surface area contributed by atoms with E-state index in [1.54, 1.807) is 24.3 Å². The van der Waals surface area contributed by atoms with Crippen LogP contribution in [0, 0.1) is 0 Å². The third-order valence-electron chi connectivity index (χ3n) is 11.6. The van der Waals surface area contributed by atoms with E-state index in [1.165, 1.54) is 32.1 Å². The highest BCUT2D eigenvalue weighted by Gasteiger charge is 2.54. The number of aliphatic hydroxyl groups excluding tert-OH is 5. The summed E-state index contributed by atoms with van der Waals surface area (Å²) in [5, 5.41) is 60.6. The zero-order valence-electron chi connectivity index (χ0n) is 42.7. The number of phosphoric acid groups is 2. The van der Waals surface area contributed by atoms with E-state index in [1.807, 2.05) is 12.2 Å². The van der Waals surface area contributed by atoms with Gasteiger partial charge in [0, 0.05) is 23.8 Å². The van der Waals surface area contributed by atoms with Gasteiger partial charge in [0.1, 0.15) is 49.3 Å². The van der Waals surface area contributed by atoms with Crippen LogP contribution < -0.4 is 5.73 Å². The third kappa shape index (κ3) is 34.0. The summed E-state index contributed by atoms with van der Waals surface area (Å²) in [6.45, 7) is 2.61. The topological polar surface area (TPSA) is 340 Å². The fraction of sp³-hybridized carbons (Fsp3) is 0.740. The maximum Gasteiger partial charge on any atom is 0.472 e. The number of rotatable bonds is 43. The maximum atomic E-state index is 13.4. The van der Waals surface area contributed by atoms with Crippen molar-refractivity contribution in [1.29, 1.82) is 0 Å². The van der Waals surface area contributed by atoms with Gasteiger partial charge in [0.05, 0.1) is 12.7 Å². The molecule has 0 aromatic heterocycles. The lowest BCUT2D eigenvalue weighted by molar-refractivity contribution is -0.216. The van der Waals surface area contributed by atoms with Crippen molar-refractivity contribution in [1.82, 2.24) is 0 Å². The van der Waals surface area contributed by atoms with E-state index in [0.717, 1.165) is 88.8 Å². The van der Waals surface area contributed by atoms with Crippen molar-refractivity contribution in [2.45, 2.75) is 215 Å². The minimum absolute atomic E-state index is 0.00503. The van der Waals surface area contributed by atoms with Gasteiger partial charge in [-0.05, 0) is 64.2 Å². The molecule has 11 N–H and O–H groups in total. The van der Waals surface area contributed by atoms with Crippen molar-refractivity contribution < 1.29 is 91.9 Å². The van der Waals surface area contributed by atoms with Crippen LogP contribution in [0.4, 0.5) is 0 Å². The molecule has 1 aliphatic carbocycles. The lowest BCUT2D eigenvalue weighted by Gasteiger charge is -2.43. The van der Waals surface area contributed by atoms with E-state index in [9.17, 15) is 63.7 Å². The van der Waals surface area contributed by atoms with E-state index in [2.05, 4.69) is 42.7 Å². The van der Waals surface area contributed by atoms with E-state index in [4.69, 9.17) is 29.4 Å². The SMILES string of the molecule is CCCCC/C=C\C\C=C/C=C/C=C/[C@@H](SC[C@H](N)C(=O)O[C@H](COC(=O)CCCCCCCCC/C=C\CCCCCC)COP(=O)(O)O[C@H]1[C@H](O)[C@@H](O)[C@H](O)[C@@H](O)[C@H]1OP(=O)(O)O)[C@@H](O)CCCC(=O)O. The summed E-state index contributed by atoms with van der Waals surface area (Å²) in [5.74, 6) is -2.95. The van der Waals surface area contributed by atoms with E-state index < -0.39 is 107 Å². The van der Waals surface area contributed by atoms with Crippen LogP contribution in [-0.4, -0.2) is 142 Å². The molecule has 11 atom stereocenters. The highest BCUT2D eigenvalue weighted by molar-refractivity contribution is 8.00. The second-order valence-electron chi connectivity index (χ2n) is 18.1. The zero-order chi connectivity index (χ0) is 54.5. The van der Waals surface area contributed by atoms with Crippen molar-refractivity contribution >= 4 is 45.3 Å². The van der Waals surface area contributed by atoms with E-state index >= 15 is 0 Å². The summed E-state index contributed by atoms with van der Waals surface area (Å²) in [7, 11) is -11.0. The van der Waals surface area contributed by atoms with Gasteiger partial charge >= 0.3 is 33.6 Å². The molecule has 0 heterocycles. The number of hydrogen-bond acceptors (Lipinski definition) is 17. The number of carbonyl (C=O) groups excluding carboxylic acids is 2. The molecule has 0 amide bonds. The van der Waals surface area contributed by atoms with Crippen LogP contribution in [-0.2, 0) is 46.6 Å². The lowest BCUT2D eigenvalue weighted by atomic mass is 9.85. The molecular weight excluding hydrogens is 1010 g/mol. The van der Waals surface area contributed by atoms with Crippen LogP contribution >= 0.6 is 27.4 Å². The quantitative estimate of drug-likeness (QED) is 0.00952. The first kappa shape index (κ1) is 68.5. The first-order chi connectivity index (χ1) is 34.7. The number of phosphoric ester groups is 2. The number of aliphatic hydroxyl groups is 5. The van der Waals surface area contributed by atoms with Gasteiger partial charge in [-0.2, -0.15) is 0 Å². The second kappa shape index (κ2) is 40.7. The molecule has 1 aliphatic rings. The molecule has 0 spiro atoms. The molecule has 422 valence electrons. The van der Waals surface area contributed by atoms with Gasteiger partial charge in [-0.15, -0.1) is 11.8 Å². The first-order valence-corrected chi connectivity index (χ1v) is 29.8. The van der Waals surface area contributed by atoms with Crippen molar-refractivity contribution in [3.63, 3.8) is 0 Å². The maximum absolute atomic E-state index is 13.4. The number of carboxylic acids is 1. The summed E-state index contributed by atoms with van der Waals surface area (Å²) in [4.78, 5) is 66.7. The van der Waals surface area contributed by atoms with Crippen LogP contribution in [0.1, 0.15) is 155 Å². The molecule has 0 aliphatic heterocycles. The Morgan fingerprint density at radius 1 is 0.644 bits per heavy atom. The molecule has 1 rings (SSSR count). The average molecular weight is 1100 g/mol. The van der Waals surface area contributed by atoms with Crippen LogP contribution in [0.25, 0.3) is 0 Å². The molecule has 20 nitrogen and oxygen atoms in total. The minimum Gasteiger partial charge on any atom is -0.481 e. The van der Waals surface area contributed by atoms with Crippen molar-refractivity contribution in [2.75, 3.05) is 19.0 Å². The molecular formula is C50H87NO19P2S. The average Bonchev–Trinajstić information content (AvgIpc) is 3.33. The molecule has 0 aromatic rings. The minimum atomic E-state index is -5.52. The third-order valence-corrected chi connectivity index (χ3v) is 14.5. The van der Waals surface area contributed by atoms with Crippen LogP contribution in [0.2, 0.25) is 0 Å². The Balaban J connectivity index is 3.02. The number of carbonyl (C=O) groups is 3. The standard InChI is InChI=1S/C50H87NO19P2S/c1-3-5-7-9-11-13-15-17-18-19-21-23-25-27-29-34-43(55)66-35-38(36-67-72(64,65)70-49-47(59)45(57)44(56)46(58)48(49)69-71(61,62)63)68-50(60)39(51)37-73-41(40(52)31-30-33-42(53)54)32-28-26-24-22-20-16-14-12-10-8-6-4-2/h12-15,20,22,24,26,28,32,38-41,44-49,52,56-59H,3-11,16-19,21,23,25,27,29-31,33-37,51H2,1-2H3,(H,53,54)(H,64,65)(H2,61,62,63)/b14-12-,15-13-,22-20-,26-24+,32-28+/t38-,39+,40+,41-,44+,45+,46-,47-,48-,49+/m1/s1. The molecule has 23 heteroatoms. The van der Waals surface area contributed by atoms with Gasteiger partial charge in [0.2, 0.25) is 0 Å². The van der Waals surface area contributed by atoms with Gasteiger partial charge in [0.25, 0.3) is 0 Å². The molecule has 0 aromatic carbocycles. The lowest BCUT2D eigenvalue weighted by Crippen LogP contribution is -2.64. The number of aliphatic carboxylic acids is 1. The largest absolute Gasteiger partial charge is 0.481 e. The van der Waals surface area contributed by atoms with Crippen LogP contribution in [0.3, 0.4) is 0 Å². The number of allylic oxidation sites excluding steroid dienone is 9. The van der Waals surface area contributed by atoms with E-state index in [0.29, 0.717) is 6.42 Å². The van der Waals surface area contributed by atoms with Gasteiger partial charge in [-0.25, -0.2) is 9.13 Å².